The maximum atomic E-state index is 14.0. The van der Waals surface area contributed by atoms with Crippen molar-refractivity contribution in [1.29, 1.82) is 0 Å². The molecule has 140 valence electrons. The highest BCUT2D eigenvalue weighted by molar-refractivity contribution is 7.89. The first-order valence-corrected chi connectivity index (χ1v) is 9.91. The van der Waals surface area contributed by atoms with Gasteiger partial charge in [0.15, 0.2) is 11.6 Å². The predicted molar refractivity (Wildman–Crippen MR) is 96.3 cm³/mol. The van der Waals surface area contributed by atoms with E-state index < -0.39 is 21.4 Å². The standard InChI is InChI=1S/C19H22FNO4S/c1-3-25-18-9-8-16(10-17(18)20)26(22,23)21-13-19(24-2)11-14-6-4-5-7-15(14)12-19/h4-10,21H,3,11-13H2,1-2H3. The Labute approximate surface area is 153 Å². The Kier molecular flexibility index (Phi) is 5.32. The van der Waals surface area contributed by atoms with Crippen LogP contribution in [0, 0.1) is 5.82 Å². The highest BCUT2D eigenvalue weighted by atomic mass is 32.2. The van der Waals surface area contributed by atoms with E-state index >= 15 is 0 Å². The molecule has 2 aromatic carbocycles. The van der Waals surface area contributed by atoms with Crippen LogP contribution < -0.4 is 9.46 Å². The van der Waals surface area contributed by atoms with E-state index in [1.165, 1.54) is 12.1 Å². The molecule has 0 amide bonds. The number of hydrogen-bond acceptors (Lipinski definition) is 4. The molecular weight excluding hydrogens is 357 g/mol. The highest BCUT2D eigenvalue weighted by Crippen LogP contribution is 2.32. The van der Waals surface area contributed by atoms with Crippen LogP contribution in [0.1, 0.15) is 18.1 Å². The fourth-order valence-electron chi connectivity index (χ4n) is 3.23. The molecule has 1 aliphatic rings. The van der Waals surface area contributed by atoms with Crippen molar-refractivity contribution in [3.8, 4) is 5.75 Å². The minimum Gasteiger partial charge on any atom is -0.491 e. The van der Waals surface area contributed by atoms with Crippen LogP contribution in [-0.2, 0) is 27.6 Å². The van der Waals surface area contributed by atoms with E-state index in [0.717, 1.165) is 17.2 Å². The molecule has 0 saturated carbocycles. The molecular formula is C19H22FNO4S. The number of rotatable bonds is 7. The summed E-state index contributed by atoms with van der Waals surface area (Å²) in [6.45, 7) is 2.14. The molecule has 0 aromatic heterocycles. The van der Waals surface area contributed by atoms with Gasteiger partial charge in [-0.3, -0.25) is 0 Å². The minimum absolute atomic E-state index is 0.0334. The van der Waals surface area contributed by atoms with Crippen molar-refractivity contribution < 1.29 is 22.3 Å². The fraction of sp³-hybridized carbons (Fsp3) is 0.368. The predicted octanol–water partition coefficient (Wildman–Crippen LogP) is 2.69. The summed E-state index contributed by atoms with van der Waals surface area (Å²) in [5.41, 5.74) is 1.67. The lowest BCUT2D eigenvalue weighted by molar-refractivity contribution is 0.00378. The Balaban J connectivity index is 1.75. The number of methoxy groups -OCH3 is 1. The lowest BCUT2D eigenvalue weighted by Gasteiger charge is -2.27. The van der Waals surface area contributed by atoms with Gasteiger partial charge in [-0.2, -0.15) is 0 Å². The summed E-state index contributed by atoms with van der Waals surface area (Å²) in [7, 11) is -2.28. The molecule has 26 heavy (non-hydrogen) atoms. The second-order valence-corrected chi connectivity index (χ2v) is 8.13. The van der Waals surface area contributed by atoms with E-state index in [1.807, 2.05) is 24.3 Å². The lowest BCUT2D eigenvalue weighted by Crippen LogP contribution is -2.45. The van der Waals surface area contributed by atoms with E-state index in [-0.39, 0.29) is 17.2 Å². The van der Waals surface area contributed by atoms with Gasteiger partial charge in [0.2, 0.25) is 10.0 Å². The van der Waals surface area contributed by atoms with Gasteiger partial charge in [0.25, 0.3) is 0 Å². The van der Waals surface area contributed by atoms with Gasteiger partial charge in [-0.25, -0.2) is 17.5 Å². The van der Waals surface area contributed by atoms with Gasteiger partial charge in [0.1, 0.15) is 0 Å². The Morgan fingerprint density at radius 1 is 1.15 bits per heavy atom. The molecule has 2 aromatic rings. The van der Waals surface area contributed by atoms with E-state index in [0.29, 0.717) is 19.4 Å². The molecule has 0 unspecified atom stereocenters. The van der Waals surface area contributed by atoms with E-state index in [4.69, 9.17) is 9.47 Å². The first-order valence-electron chi connectivity index (χ1n) is 8.43. The quantitative estimate of drug-likeness (QED) is 0.803. The molecule has 0 saturated heterocycles. The maximum absolute atomic E-state index is 14.0. The summed E-state index contributed by atoms with van der Waals surface area (Å²) in [6.07, 6.45) is 1.25. The van der Waals surface area contributed by atoms with E-state index in [1.54, 1.807) is 14.0 Å². The normalized spacial score (nSPS) is 15.7. The zero-order valence-corrected chi connectivity index (χ0v) is 15.6. The summed E-state index contributed by atoms with van der Waals surface area (Å²) in [5.74, 6) is -0.671. The van der Waals surface area contributed by atoms with Crippen LogP contribution in [0.25, 0.3) is 0 Å². The van der Waals surface area contributed by atoms with Gasteiger partial charge in [0, 0.05) is 26.5 Å². The van der Waals surface area contributed by atoms with E-state index in [9.17, 15) is 12.8 Å². The van der Waals surface area contributed by atoms with Crippen molar-refractivity contribution in [1.82, 2.24) is 4.72 Å². The first-order chi connectivity index (χ1) is 12.4. The molecule has 0 heterocycles. The molecule has 0 fully saturated rings. The van der Waals surface area contributed by atoms with Crippen LogP contribution in [0.5, 0.6) is 5.75 Å². The maximum Gasteiger partial charge on any atom is 0.240 e. The first kappa shape index (κ1) is 18.8. The molecule has 0 spiro atoms. The fourth-order valence-corrected chi connectivity index (χ4v) is 4.36. The Morgan fingerprint density at radius 2 is 1.81 bits per heavy atom. The van der Waals surface area contributed by atoms with Gasteiger partial charge >= 0.3 is 0 Å². The summed E-state index contributed by atoms with van der Waals surface area (Å²) >= 11 is 0. The molecule has 1 aliphatic carbocycles. The monoisotopic (exact) mass is 379 g/mol. The highest BCUT2D eigenvalue weighted by Gasteiger charge is 2.38. The zero-order chi connectivity index (χ0) is 18.8. The number of hydrogen-bond donors (Lipinski definition) is 1. The van der Waals surface area contributed by atoms with Crippen LogP contribution in [0.4, 0.5) is 4.39 Å². The molecule has 5 nitrogen and oxygen atoms in total. The van der Waals surface area contributed by atoms with Crippen LogP contribution >= 0.6 is 0 Å². The Bertz CT molecular complexity index is 873. The third kappa shape index (κ3) is 3.75. The molecule has 7 heteroatoms. The van der Waals surface area contributed by atoms with Crippen molar-refractivity contribution in [3.05, 3.63) is 59.4 Å². The average molecular weight is 379 g/mol. The lowest BCUT2D eigenvalue weighted by atomic mass is 10.0. The average Bonchev–Trinajstić information content (AvgIpc) is 3.01. The van der Waals surface area contributed by atoms with Gasteiger partial charge in [-0.15, -0.1) is 0 Å². The van der Waals surface area contributed by atoms with Crippen LogP contribution in [0.15, 0.2) is 47.4 Å². The number of benzene rings is 2. The summed E-state index contributed by atoms with van der Waals surface area (Å²) < 4.78 is 52.5. The van der Waals surface area contributed by atoms with Crippen molar-refractivity contribution in [3.63, 3.8) is 0 Å². The number of sulfonamides is 1. The van der Waals surface area contributed by atoms with Crippen molar-refractivity contribution in [2.24, 2.45) is 0 Å². The third-order valence-corrected chi connectivity index (χ3v) is 6.07. The van der Waals surface area contributed by atoms with Crippen molar-refractivity contribution in [2.45, 2.75) is 30.3 Å². The van der Waals surface area contributed by atoms with Gasteiger partial charge in [0.05, 0.1) is 17.1 Å². The zero-order valence-electron chi connectivity index (χ0n) is 14.8. The third-order valence-electron chi connectivity index (χ3n) is 4.67. The molecule has 0 aliphatic heterocycles. The number of nitrogens with one attached hydrogen (secondary N) is 1. The van der Waals surface area contributed by atoms with E-state index in [2.05, 4.69) is 4.72 Å². The smallest absolute Gasteiger partial charge is 0.240 e. The molecule has 0 bridgehead atoms. The van der Waals surface area contributed by atoms with Gasteiger partial charge < -0.3 is 9.47 Å². The molecule has 1 N–H and O–H groups in total. The molecule has 3 rings (SSSR count). The minimum atomic E-state index is -3.86. The molecule has 0 atom stereocenters. The summed E-state index contributed by atoms with van der Waals surface area (Å²) in [5, 5.41) is 0. The SMILES string of the molecule is CCOc1ccc(S(=O)(=O)NCC2(OC)Cc3ccccc3C2)cc1F. The van der Waals surface area contributed by atoms with Gasteiger partial charge in [-0.1, -0.05) is 24.3 Å². The molecule has 0 radical (unpaired) electrons. The summed E-state index contributed by atoms with van der Waals surface area (Å²) in [4.78, 5) is -0.139. The number of halogens is 1. The van der Waals surface area contributed by atoms with Crippen LogP contribution in [0.3, 0.4) is 0 Å². The topological polar surface area (TPSA) is 64.6 Å². The number of fused-ring (bicyclic) bond motifs is 1. The van der Waals surface area contributed by atoms with Crippen molar-refractivity contribution in [2.75, 3.05) is 20.3 Å². The second-order valence-electron chi connectivity index (χ2n) is 6.36. The number of ether oxygens (including phenoxy) is 2. The van der Waals surface area contributed by atoms with Crippen LogP contribution in [0.2, 0.25) is 0 Å². The van der Waals surface area contributed by atoms with Crippen molar-refractivity contribution >= 4 is 10.0 Å². The van der Waals surface area contributed by atoms with Crippen LogP contribution in [-0.4, -0.2) is 34.3 Å². The van der Waals surface area contributed by atoms with Gasteiger partial charge in [-0.05, 0) is 36.2 Å². The largest absolute Gasteiger partial charge is 0.491 e. The Morgan fingerprint density at radius 3 is 2.35 bits per heavy atom. The summed E-state index contributed by atoms with van der Waals surface area (Å²) in [6, 6.07) is 11.6. The second kappa shape index (κ2) is 7.34. The Hall–Kier alpha value is -1.96.